The Morgan fingerprint density at radius 3 is 2.41 bits per heavy atom. The molecule has 29 heavy (non-hydrogen) atoms. The number of benzene rings is 2. The zero-order valence-corrected chi connectivity index (χ0v) is 18.0. The van der Waals surface area contributed by atoms with Crippen molar-refractivity contribution in [3.05, 3.63) is 70.3 Å². The van der Waals surface area contributed by atoms with Crippen LogP contribution in [0.15, 0.2) is 53.3 Å². The van der Waals surface area contributed by atoms with Crippen molar-refractivity contribution < 1.29 is 5.32 Å². The Morgan fingerprint density at radius 1 is 0.966 bits per heavy atom. The van der Waals surface area contributed by atoms with Crippen LogP contribution >= 0.6 is 0 Å². The van der Waals surface area contributed by atoms with Crippen LogP contribution < -0.4 is 10.9 Å². The van der Waals surface area contributed by atoms with Gasteiger partial charge in [0.15, 0.2) is 5.82 Å². The molecule has 3 aromatic rings. The first kappa shape index (κ1) is 21.3. The molecule has 1 atom stereocenters. The topological polar surface area (TPSA) is 51.5 Å². The molecule has 0 aliphatic carbocycles. The molecule has 0 radical (unpaired) electrons. The largest absolute Gasteiger partial charge is 0.338 e. The summed E-state index contributed by atoms with van der Waals surface area (Å²) < 4.78 is 1.83. The Kier molecular flexibility index (Phi) is 7.59. The summed E-state index contributed by atoms with van der Waals surface area (Å²) in [4.78, 5) is 18.4. The number of hydrogen-bond donors (Lipinski definition) is 1. The lowest BCUT2D eigenvalue weighted by Crippen LogP contribution is -2.85. The van der Waals surface area contributed by atoms with Gasteiger partial charge in [0.1, 0.15) is 6.04 Å². The van der Waals surface area contributed by atoms with Gasteiger partial charge in [0.05, 0.1) is 23.1 Å². The minimum Gasteiger partial charge on any atom is -0.338 e. The number of fused-ring (bicyclic) bond motifs is 1. The zero-order valence-electron chi connectivity index (χ0n) is 18.0. The highest BCUT2D eigenvalue weighted by atomic mass is 16.1. The van der Waals surface area contributed by atoms with Gasteiger partial charge in [-0.1, -0.05) is 57.9 Å². The Hall–Kier alpha value is -2.46. The van der Waals surface area contributed by atoms with Gasteiger partial charge in [-0.25, -0.2) is 4.98 Å². The van der Waals surface area contributed by atoms with Crippen molar-refractivity contribution in [3.63, 3.8) is 0 Å². The van der Waals surface area contributed by atoms with Gasteiger partial charge in [0.25, 0.3) is 5.56 Å². The van der Waals surface area contributed by atoms with Crippen molar-refractivity contribution in [3.8, 4) is 5.69 Å². The summed E-state index contributed by atoms with van der Waals surface area (Å²) >= 11 is 0. The lowest BCUT2D eigenvalue weighted by atomic mass is 10.1. The molecular weight excluding hydrogens is 358 g/mol. The number of quaternary nitrogens is 1. The summed E-state index contributed by atoms with van der Waals surface area (Å²) in [5.74, 6) is 0.857. The van der Waals surface area contributed by atoms with Gasteiger partial charge in [-0.15, -0.1) is 0 Å². The lowest BCUT2D eigenvalue weighted by molar-refractivity contribution is -0.698. The second-order valence-electron chi connectivity index (χ2n) is 7.75. The summed E-state index contributed by atoms with van der Waals surface area (Å²) in [5.41, 5.74) is 2.98. The van der Waals surface area contributed by atoms with E-state index in [1.165, 1.54) is 31.2 Å². The molecule has 0 bridgehead atoms. The number of unbranched alkanes of at least 4 members (excludes halogenated alkanes) is 3. The number of rotatable bonds is 10. The first-order valence-corrected chi connectivity index (χ1v) is 11.1. The molecule has 0 aliphatic rings. The van der Waals surface area contributed by atoms with Crippen LogP contribution in [0.2, 0.25) is 0 Å². The quantitative estimate of drug-likeness (QED) is 0.515. The molecule has 2 aromatic carbocycles. The fourth-order valence-corrected chi connectivity index (χ4v) is 3.87. The van der Waals surface area contributed by atoms with Crippen LogP contribution in [-0.4, -0.2) is 16.1 Å². The first-order valence-electron chi connectivity index (χ1n) is 11.1. The third-order valence-corrected chi connectivity index (χ3v) is 5.68. The maximum atomic E-state index is 13.4. The highest BCUT2D eigenvalue weighted by Gasteiger charge is 2.22. The van der Waals surface area contributed by atoms with Crippen LogP contribution in [-0.2, 0) is 6.42 Å². The smallest absolute Gasteiger partial charge is 0.266 e. The molecular formula is C25H34N3O+. The van der Waals surface area contributed by atoms with Crippen molar-refractivity contribution in [2.75, 3.05) is 6.54 Å². The first-order chi connectivity index (χ1) is 14.2. The number of aryl methyl sites for hydroxylation is 1. The Morgan fingerprint density at radius 2 is 1.72 bits per heavy atom. The molecule has 3 rings (SSSR count). The molecule has 0 aliphatic heterocycles. The van der Waals surface area contributed by atoms with E-state index >= 15 is 0 Å². The van der Waals surface area contributed by atoms with Crippen LogP contribution in [0.4, 0.5) is 0 Å². The number of hydrogen-bond acceptors (Lipinski definition) is 2. The molecule has 0 unspecified atom stereocenters. The van der Waals surface area contributed by atoms with Crippen molar-refractivity contribution in [1.29, 1.82) is 0 Å². The Labute approximate surface area is 174 Å². The number of nitrogens with two attached hydrogens (primary N) is 1. The van der Waals surface area contributed by atoms with E-state index in [1.807, 2.05) is 41.0 Å². The minimum atomic E-state index is 0.0210. The monoisotopic (exact) mass is 392 g/mol. The van der Waals surface area contributed by atoms with E-state index in [4.69, 9.17) is 4.98 Å². The molecule has 0 saturated carbocycles. The van der Waals surface area contributed by atoms with Crippen molar-refractivity contribution in [2.45, 2.75) is 65.3 Å². The average molecular weight is 393 g/mol. The highest BCUT2D eigenvalue weighted by Crippen LogP contribution is 2.19. The number of para-hydroxylation sites is 1. The maximum absolute atomic E-state index is 13.4. The second kappa shape index (κ2) is 10.4. The van der Waals surface area contributed by atoms with Crippen molar-refractivity contribution in [2.24, 2.45) is 0 Å². The number of aromatic nitrogens is 2. The Bertz CT molecular complexity index is 976. The van der Waals surface area contributed by atoms with E-state index in [-0.39, 0.29) is 11.6 Å². The minimum absolute atomic E-state index is 0.0210. The van der Waals surface area contributed by atoms with Crippen LogP contribution in [0.1, 0.15) is 70.3 Å². The van der Waals surface area contributed by atoms with E-state index in [1.54, 1.807) is 0 Å². The fraction of sp³-hybridized carbons (Fsp3) is 0.440. The van der Waals surface area contributed by atoms with E-state index in [0.29, 0.717) is 5.39 Å². The molecule has 4 heteroatoms. The van der Waals surface area contributed by atoms with E-state index in [2.05, 4.69) is 38.2 Å². The van der Waals surface area contributed by atoms with E-state index < -0.39 is 0 Å². The third-order valence-electron chi connectivity index (χ3n) is 5.68. The number of nitrogens with zero attached hydrogens (tertiary/aromatic N) is 2. The normalized spacial score (nSPS) is 12.4. The molecule has 0 spiro atoms. The van der Waals surface area contributed by atoms with Crippen LogP contribution in [0.25, 0.3) is 16.6 Å². The molecule has 0 amide bonds. The summed E-state index contributed by atoms with van der Waals surface area (Å²) in [5, 5.41) is 3.04. The second-order valence-corrected chi connectivity index (χ2v) is 7.75. The average Bonchev–Trinajstić information content (AvgIpc) is 2.76. The molecule has 0 fully saturated rings. The lowest BCUT2D eigenvalue weighted by Gasteiger charge is -2.19. The van der Waals surface area contributed by atoms with Gasteiger partial charge in [-0.05, 0) is 49.1 Å². The molecule has 154 valence electrons. The SMILES string of the molecule is CCCCCC[NH2+][C@@H](CC)c1nc2ccccc2c(=O)n1-c1ccc(CC)cc1. The maximum Gasteiger partial charge on any atom is 0.266 e. The standard InChI is InChI=1S/C25H33N3O/c1-4-7-8-11-18-26-22(6-3)24-27-23-13-10-9-12-21(23)25(29)28(24)20-16-14-19(5-2)15-17-20/h9-10,12-17,22,26H,4-8,11,18H2,1-3H3/p+1/t22-/m0/s1. The fourth-order valence-electron chi connectivity index (χ4n) is 3.87. The predicted octanol–water partition coefficient (Wildman–Crippen LogP) is 4.54. The van der Waals surface area contributed by atoms with Gasteiger partial charge < -0.3 is 5.32 Å². The van der Waals surface area contributed by atoms with Gasteiger partial charge >= 0.3 is 0 Å². The van der Waals surface area contributed by atoms with Crippen molar-refractivity contribution in [1.82, 2.24) is 9.55 Å². The van der Waals surface area contributed by atoms with Gasteiger partial charge in [-0.3, -0.25) is 9.36 Å². The Balaban J connectivity index is 2.04. The summed E-state index contributed by atoms with van der Waals surface area (Å²) in [6, 6.07) is 16.2. The zero-order chi connectivity index (χ0) is 20.6. The molecule has 2 N–H and O–H groups in total. The molecule has 0 saturated heterocycles. The summed E-state index contributed by atoms with van der Waals surface area (Å²) in [6.07, 6.45) is 6.92. The predicted molar refractivity (Wildman–Crippen MR) is 121 cm³/mol. The van der Waals surface area contributed by atoms with Crippen LogP contribution in [0.5, 0.6) is 0 Å². The molecule has 1 aromatic heterocycles. The summed E-state index contributed by atoms with van der Waals surface area (Å²) in [7, 11) is 0. The van der Waals surface area contributed by atoms with E-state index in [0.717, 1.165) is 36.4 Å². The van der Waals surface area contributed by atoms with Gasteiger partial charge in [-0.2, -0.15) is 0 Å². The van der Waals surface area contributed by atoms with Crippen molar-refractivity contribution >= 4 is 10.9 Å². The molecule has 1 heterocycles. The van der Waals surface area contributed by atoms with Gasteiger partial charge in [0.2, 0.25) is 0 Å². The van der Waals surface area contributed by atoms with E-state index in [9.17, 15) is 4.79 Å². The highest BCUT2D eigenvalue weighted by molar-refractivity contribution is 5.77. The van der Waals surface area contributed by atoms with Crippen LogP contribution in [0.3, 0.4) is 0 Å². The third kappa shape index (κ3) is 4.94. The summed E-state index contributed by atoms with van der Waals surface area (Å²) in [6.45, 7) is 7.62. The van der Waals surface area contributed by atoms with Gasteiger partial charge in [0, 0.05) is 6.42 Å². The molecule has 4 nitrogen and oxygen atoms in total. The van der Waals surface area contributed by atoms with Crippen LogP contribution in [0, 0.1) is 0 Å².